The Hall–Kier alpha value is -3.00. The Balaban J connectivity index is 1.36. The van der Waals surface area contributed by atoms with Crippen LogP contribution in [0.2, 0.25) is 0 Å². The highest BCUT2D eigenvalue weighted by atomic mass is 79.9. The van der Waals surface area contributed by atoms with E-state index in [4.69, 9.17) is 4.74 Å². The zero-order chi connectivity index (χ0) is 23.7. The molecule has 7 nitrogen and oxygen atoms in total. The number of carbonyl (C=O) groups excluding carboxylic acids is 4. The second-order valence-electron chi connectivity index (χ2n) is 8.77. The summed E-state index contributed by atoms with van der Waals surface area (Å²) in [6.07, 6.45) is 2.42. The number of amides is 3. The molecular formula is C25H25BrN2O5. The second-order valence-corrected chi connectivity index (χ2v) is 9.69. The van der Waals surface area contributed by atoms with Crippen LogP contribution in [0.3, 0.4) is 0 Å². The third-order valence-corrected chi connectivity index (χ3v) is 6.84. The van der Waals surface area contributed by atoms with E-state index in [2.05, 4.69) is 28.2 Å². The first-order valence-corrected chi connectivity index (χ1v) is 11.7. The van der Waals surface area contributed by atoms with Gasteiger partial charge in [0, 0.05) is 10.2 Å². The maximum Gasteiger partial charge on any atom is 0.338 e. The zero-order valence-electron chi connectivity index (χ0n) is 18.5. The van der Waals surface area contributed by atoms with Gasteiger partial charge < -0.3 is 10.1 Å². The largest absolute Gasteiger partial charge is 0.452 e. The third kappa shape index (κ3) is 4.85. The molecular weight excluding hydrogens is 488 g/mol. The van der Waals surface area contributed by atoms with Gasteiger partial charge in [0.05, 0.1) is 23.1 Å². The quantitative estimate of drug-likeness (QED) is 0.470. The fourth-order valence-corrected chi connectivity index (χ4v) is 5.03. The number of esters is 1. The number of imide groups is 1. The molecule has 2 aromatic rings. The highest BCUT2D eigenvalue weighted by Crippen LogP contribution is 2.42. The van der Waals surface area contributed by atoms with Crippen molar-refractivity contribution in [2.24, 2.45) is 17.8 Å². The van der Waals surface area contributed by atoms with E-state index in [-0.39, 0.29) is 29.2 Å². The van der Waals surface area contributed by atoms with Crippen LogP contribution in [0.1, 0.15) is 42.1 Å². The fraction of sp³-hybridized carbons (Fsp3) is 0.360. The topological polar surface area (TPSA) is 92.8 Å². The molecule has 3 atom stereocenters. The molecule has 1 aliphatic heterocycles. The lowest BCUT2D eigenvalue weighted by Gasteiger charge is -2.25. The van der Waals surface area contributed by atoms with E-state index < -0.39 is 18.5 Å². The van der Waals surface area contributed by atoms with Gasteiger partial charge >= 0.3 is 5.97 Å². The zero-order valence-corrected chi connectivity index (χ0v) is 20.1. The molecule has 0 unspecified atom stereocenters. The van der Waals surface area contributed by atoms with Crippen molar-refractivity contribution in [1.29, 1.82) is 0 Å². The van der Waals surface area contributed by atoms with Crippen molar-refractivity contribution in [3.63, 3.8) is 0 Å². The Labute approximate surface area is 200 Å². The summed E-state index contributed by atoms with van der Waals surface area (Å²) in [6.45, 7) is 3.54. The van der Waals surface area contributed by atoms with Crippen LogP contribution in [-0.4, -0.2) is 30.3 Å². The maximum atomic E-state index is 12.9. The number of hydrogen-bond acceptors (Lipinski definition) is 5. The summed E-state index contributed by atoms with van der Waals surface area (Å²) in [6, 6.07) is 11.6. The van der Waals surface area contributed by atoms with Gasteiger partial charge in [0.25, 0.3) is 5.91 Å². The molecule has 2 aliphatic rings. The molecule has 0 bridgehead atoms. The average molecular weight is 513 g/mol. The average Bonchev–Trinajstić information content (AvgIpc) is 3.03. The Morgan fingerprint density at radius 3 is 2.45 bits per heavy atom. The van der Waals surface area contributed by atoms with Crippen molar-refractivity contribution in [3.05, 3.63) is 58.1 Å². The summed E-state index contributed by atoms with van der Waals surface area (Å²) < 4.78 is 6.02. The van der Waals surface area contributed by atoms with E-state index in [1.807, 2.05) is 19.1 Å². The Kier molecular flexibility index (Phi) is 6.65. The molecule has 1 heterocycles. The molecule has 1 saturated carbocycles. The van der Waals surface area contributed by atoms with Crippen molar-refractivity contribution in [1.82, 2.24) is 0 Å². The molecule has 3 amide bonds. The molecule has 2 fully saturated rings. The van der Waals surface area contributed by atoms with Crippen LogP contribution in [0.15, 0.2) is 46.9 Å². The number of carbonyl (C=O) groups is 4. The SMILES string of the molecule is Cc1cc(Br)ccc1NC(=O)COC(=O)c1ccc(N2C(=O)[C@H]3C[C@H](C)CC[C@H]3C2=O)cc1. The smallest absolute Gasteiger partial charge is 0.338 e. The van der Waals surface area contributed by atoms with Crippen molar-refractivity contribution in [3.8, 4) is 0 Å². The first-order valence-electron chi connectivity index (χ1n) is 11.0. The van der Waals surface area contributed by atoms with E-state index >= 15 is 0 Å². The minimum Gasteiger partial charge on any atom is -0.452 e. The van der Waals surface area contributed by atoms with Gasteiger partial charge in [-0.1, -0.05) is 22.9 Å². The van der Waals surface area contributed by atoms with Gasteiger partial charge in [-0.3, -0.25) is 19.3 Å². The van der Waals surface area contributed by atoms with Gasteiger partial charge in [-0.2, -0.15) is 0 Å². The highest BCUT2D eigenvalue weighted by molar-refractivity contribution is 9.10. The molecule has 1 N–H and O–H groups in total. The van der Waals surface area contributed by atoms with Crippen LogP contribution >= 0.6 is 15.9 Å². The highest BCUT2D eigenvalue weighted by Gasteiger charge is 2.49. The minimum atomic E-state index is -0.661. The van der Waals surface area contributed by atoms with Crippen molar-refractivity contribution >= 4 is 51.0 Å². The number of nitrogens with zero attached hydrogens (tertiary/aromatic N) is 1. The van der Waals surface area contributed by atoms with Crippen LogP contribution in [0.5, 0.6) is 0 Å². The lowest BCUT2D eigenvalue weighted by molar-refractivity contribution is -0.122. The lowest BCUT2D eigenvalue weighted by atomic mass is 9.76. The number of fused-ring (bicyclic) bond motifs is 1. The normalized spacial score (nSPS) is 22.2. The summed E-state index contributed by atoms with van der Waals surface area (Å²) in [7, 11) is 0. The lowest BCUT2D eigenvalue weighted by Crippen LogP contribution is -2.30. The molecule has 1 saturated heterocycles. The van der Waals surface area contributed by atoms with Crippen LogP contribution in [-0.2, 0) is 19.1 Å². The second kappa shape index (κ2) is 9.47. The first kappa shape index (κ1) is 23.2. The summed E-state index contributed by atoms with van der Waals surface area (Å²) in [4.78, 5) is 51.4. The maximum absolute atomic E-state index is 12.9. The molecule has 33 heavy (non-hydrogen) atoms. The van der Waals surface area contributed by atoms with E-state index in [0.717, 1.165) is 29.3 Å². The molecule has 0 spiro atoms. The number of aryl methyl sites for hydroxylation is 1. The molecule has 2 aromatic carbocycles. The molecule has 172 valence electrons. The molecule has 4 rings (SSSR count). The Bertz CT molecular complexity index is 1110. The van der Waals surface area contributed by atoms with E-state index in [0.29, 0.717) is 17.3 Å². The van der Waals surface area contributed by atoms with Gasteiger partial charge in [0.2, 0.25) is 11.8 Å². The number of ether oxygens (including phenoxy) is 1. The van der Waals surface area contributed by atoms with Crippen LogP contribution in [0.25, 0.3) is 0 Å². The van der Waals surface area contributed by atoms with Crippen LogP contribution < -0.4 is 10.2 Å². The summed E-state index contributed by atoms with van der Waals surface area (Å²) in [5.41, 5.74) is 2.20. The van der Waals surface area contributed by atoms with Gasteiger partial charge in [0.15, 0.2) is 6.61 Å². The Morgan fingerprint density at radius 2 is 1.76 bits per heavy atom. The summed E-state index contributed by atoms with van der Waals surface area (Å²) in [5.74, 6) is -1.49. The van der Waals surface area contributed by atoms with Crippen molar-refractivity contribution in [2.75, 3.05) is 16.8 Å². The fourth-order valence-electron chi connectivity index (χ4n) is 4.56. The molecule has 0 radical (unpaired) electrons. The Morgan fingerprint density at radius 1 is 1.06 bits per heavy atom. The predicted octanol–water partition coefficient (Wildman–Crippen LogP) is 4.48. The minimum absolute atomic E-state index is 0.160. The number of nitrogens with one attached hydrogen (secondary N) is 1. The number of halogens is 1. The van der Waals surface area contributed by atoms with Gasteiger partial charge in [-0.05, 0) is 80.1 Å². The van der Waals surface area contributed by atoms with Gasteiger partial charge in [-0.15, -0.1) is 0 Å². The van der Waals surface area contributed by atoms with E-state index in [1.165, 1.54) is 17.0 Å². The molecule has 8 heteroatoms. The molecule has 0 aromatic heterocycles. The van der Waals surface area contributed by atoms with Crippen LogP contribution in [0, 0.1) is 24.7 Å². The van der Waals surface area contributed by atoms with E-state index in [1.54, 1.807) is 18.2 Å². The van der Waals surface area contributed by atoms with Crippen molar-refractivity contribution < 1.29 is 23.9 Å². The number of anilines is 2. The number of benzene rings is 2. The third-order valence-electron chi connectivity index (χ3n) is 6.35. The first-order chi connectivity index (χ1) is 15.7. The van der Waals surface area contributed by atoms with Gasteiger partial charge in [0.1, 0.15) is 0 Å². The van der Waals surface area contributed by atoms with Gasteiger partial charge in [-0.25, -0.2) is 4.79 Å². The van der Waals surface area contributed by atoms with Crippen LogP contribution in [0.4, 0.5) is 11.4 Å². The predicted molar refractivity (Wildman–Crippen MR) is 127 cm³/mol. The summed E-state index contributed by atoms with van der Waals surface area (Å²) >= 11 is 3.37. The summed E-state index contributed by atoms with van der Waals surface area (Å²) in [5, 5.41) is 2.71. The number of rotatable bonds is 5. The monoisotopic (exact) mass is 512 g/mol. The van der Waals surface area contributed by atoms with E-state index in [9.17, 15) is 19.2 Å². The molecule has 1 aliphatic carbocycles. The number of hydrogen-bond donors (Lipinski definition) is 1. The standard InChI is InChI=1S/C25H25BrN2O5/c1-14-3-9-19-20(11-14)24(31)28(23(19)30)18-7-4-16(5-8-18)25(32)33-13-22(29)27-21-10-6-17(26)12-15(21)2/h4-8,10,12,14,19-20H,3,9,11,13H2,1-2H3,(H,27,29)/t14-,19-,20+/m1/s1. The van der Waals surface area contributed by atoms with Crippen molar-refractivity contribution in [2.45, 2.75) is 33.1 Å².